The predicted molar refractivity (Wildman–Crippen MR) is 76.2 cm³/mol. The fourth-order valence-corrected chi connectivity index (χ4v) is 4.54. The van der Waals surface area contributed by atoms with Crippen molar-refractivity contribution in [2.24, 2.45) is 5.41 Å². The summed E-state index contributed by atoms with van der Waals surface area (Å²) in [6.07, 6.45) is 4.21. The number of rotatable bonds is 4. The average Bonchev–Trinajstić information content (AvgIpc) is 2.86. The monoisotopic (exact) mass is 315 g/mol. The van der Waals surface area contributed by atoms with Gasteiger partial charge in [0.2, 0.25) is 0 Å². The molecule has 118 valence electrons. The van der Waals surface area contributed by atoms with Gasteiger partial charge in [0, 0.05) is 19.3 Å². The number of hydrogen-bond acceptors (Lipinski definition) is 4. The fraction of sp³-hybridized carbons (Fsp3) is 0.692. The third-order valence-electron chi connectivity index (χ3n) is 4.01. The lowest BCUT2D eigenvalue weighted by Crippen LogP contribution is -2.56. The summed E-state index contributed by atoms with van der Waals surface area (Å²) in [5.74, 6) is -1.11. The molecule has 1 fully saturated rings. The van der Waals surface area contributed by atoms with Crippen LogP contribution in [-0.4, -0.2) is 45.9 Å². The largest absolute Gasteiger partial charge is 0.480 e. The van der Waals surface area contributed by atoms with Crippen molar-refractivity contribution in [1.82, 2.24) is 13.9 Å². The Bertz CT molecular complexity index is 636. The molecular formula is C13H21N3O4S. The van der Waals surface area contributed by atoms with Gasteiger partial charge in [0.15, 0.2) is 5.03 Å². The first kappa shape index (κ1) is 16.0. The van der Waals surface area contributed by atoms with Crippen LogP contribution >= 0.6 is 0 Å². The van der Waals surface area contributed by atoms with Crippen LogP contribution in [0.15, 0.2) is 17.6 Å². The van der Waals surface area contributed by atoms with E-state index >= 15 is 0 Å². The van der Waals surface area contributed by atoms with Gasteiger partial charge < -0.3 is 9.67 Å². The number of carboxylic acids is 1. The van der Waals surface area contributed by atoms with E-state index < -0.39 is 27.4 Å². The molecule has 1 unspecified atom stereocenters. The maximum atomic E-state index is 12.7. The van der Waals surface area contributed by atoms with Crippen molar-refractivity contribution in [1.29, 1.82) is 0 Å². The first-order chi connectivity index (χ1) is 9.70. The number of sulfonamides is 1. The van der Waals surface area contributed by atoms with Crippen LogP contribution in [0.25, 0.3) is 0 Å². The molecule has 21 heavy (non-hydrogen) atoms. The minimum atomic E-state index is -3.90. The van der Waals surface area contributed by atoms with E-state index in [1.54, 1.807) is 18.4 Å². The van der Waals surface area contributed by atoms with Crippen molar-refractivity contribution in [3.05, 3.63) is 12.5 Å². The molecule has 1 saturated heterocycles. The van der Waals surface area contributed by atoms with E-state index in [0.29, 0.717) is 19.4 Å². The van der Waals surface area contributed by atoms with Gasteiger partial charge in [-0.15, -0.1) is 0 Å². The summed E-state index contributed by atoms with van der Waals surface area (Å²) in [5, 5.41) is 9.38. The maximum absolute atomic E-state index is 12.7. The van der Waals surface area contributed by atoms with E-state index in [9.17, 15) is 18.3 Å². The Morgan fingerprint density at radius 1 is 1.52 bits per heavy atom. The Kier molecular flexibility index (Phi) is 4.12. The number of carboxylic acid groups (broad SMARTS) is 1. The molecule has 1 N–H and O–H groups in total. The van der Waals surface area contributed by atoms with E-state index in [0.717, 1.165) is 4.31 Å². The zero-order valence-corrected chi connectivity index (χ0v) is 13.3. The van der Waals surface area contributed by atoms with Gasteiger partial charge in [-0.1, -0.05) is 13.8 Å². The van der Waals surface area contributed by atoms with Gasteiger partial charge in [-0.3, -0.25) is 4.79 Å². The molecular weight excluding hydrogens is 294 g/mol. The third-order valence-corrected chi connectivity index (χ3v) is 5.76. The molecule has 0 amide bonds. The smallest absolute Gasteiger partial charge is 0.322 e. The number of aliphatic carboxylic acids is 1. The minimum Gasteiger partial charge on any atom is -0.480 e. The summed E-state index contributed by atoms with van der Waals surface area (Å²) in [6.45, 7) is 6.27. The summed E-state index contributed by atoms with van der Waals surface area (Å²) in [6, 6.07) is -1.07. The second-order valence-corrected chi connectivity index (χ2v) is 7.83. The van der Waals surface area contributed by atoms with Crippen LogP contribution in [0.5, 0.6) is 0 Å². The van der Waals surface area contributed by atoms with Crippen molar-refractivity contribution in [3.8, 4) is 0 Å². The number of aryl methyl sites for hydroxylation is 1. The predicted octanol–water partition coefficient (Wildman–Crippen LogP) is 1.17. The first-order valence-corrected chi connectivity index (χ1v) is 8.40. The molecule has 0 saturated carbocycles. The molecule has 0 aliphatic carbocycles. The topological polar surface area (TPSA) is 92.5 Å². The van der Waals surface area contributed by atoms with Crippen molar-refractivity contribution < 1.29 is 18.3 Å². The lowest BCUT2D eigenvalue weighted by molar-refractivity contribution is -0.147. The molecule has 0 aromatic carbocycles. The molecule has 2 rings (SSSR count). The number of carbonyl (C=O) groups is 1. The Labute approximate surface area is 124 Å². The van der Waals surface area contributed by atoms with E-state index in [1.165, 1.54) is 12.5 Å². The molecule has 1 aromatic heterocycles. The molecule has 0 spiro atoms. The Morgan fingerprint density at radius 2 is 2.19 bits per heavy atom. The van der Waals surface area contributed by atoms with Crippen LogP contribution in [-0.2, 0) is 21.4 Å². The van der Waals surface area contributed by atoms with E-state index in [2.05, 4.69) is 4.98 Å². The van der Waals surface area contributed by atoms with Gasteiger partial charge in [-0.05, 0) is 25.2 Å². The number of imidazole rings is 1. The molecule has 1 aliphatic heterocycles. The van der Waals surface area contributed by atoms with Gasteiger partial charge in [-0.2, -0.15) is 4.31 Å². The molecule has 7 nitrogen and oxygen atoms in total. The van der Waals surface area contributed by atoms with Gasteiger partial charge in [0.1, 0.15) is 6.04 Å². The van der Waals surface area contributed by atoms with Crippen molar-refractivity contribution in [2.45, 2.75) is 51.2 Å². The zero-order valence-electron chi connectivity index (χ0n) is 12.5. The number of piperidine rings is 1. The average molecular weight is 315 g/mol. The van der Waals surface area contributed by atoms with Gasteiger partial charge in [0.05, 0.1) is 6.33 Å². The lowest BCUT2D eigenvalue weighted by Gasteiger charge is -2.42. The van der Waals surface area contributed by atoms with Crippen LogP contribution < -0.4 is 0 Å². The summed E-state index contributed by atoms with van der Waals surface area (Å²) in [5.41, 5.74) is -0.607. The highest BCUT2D eigenvalue weighted by molar-refractivity contribution is 7.89. The van der Waals surface area contributed by atoms with E-state index in [-0.39, 0.29) is 11.6 Å². The van der Waals surface area contributed by atoms with Crippen LogP contribution in [0, 0.1) is 5.41 Å². The quantitative estimate of drug-likeness (QED) is 0.900. The highest BCUT2D eigenvalue weighted by Gasteiger charge is 2.48. The molecule has 1 aromatic rings. The van der Waals surface area contributed by atoms with Crippen LogP contribution in [0.4, 0.5) is 0 Å². The zero-order chi connectivity index (χ0) is 15.8. The fourth-order valence-electron chi connectivity index (χ4n) is 2.83. The maximum Gasteiger partial charge on any atom is 0.322 e. The van der Waals surface area contributed by atoms with Crippen molar-refractivity contribution >= 4 is 16.0 Å². The van der Waals surface area contributed by atoms with Crippen molar-refractivity contribution in [3.63, 3.8) is 0 Å². The Morgan fingerprint density at radius 3 is 2.71 bits per heavy atom. The number of aromatic nitrogens is 2. The summed E-state index contributed by atoms with van der Waals surface area (Å²) >= 11 is 0. The van der Waals surface area contributed by atoms with Gasteiger partial charge in [-0.25, -0.2) is 13.4 Å². The number of hydrogen-bond donors (Lipinski definition) is 1. The first-order valence-electron chi connectivity index (χ1n) is 6.96. The summed E-state index contributed by atoms with van der Waals surface area (Å²) in [7, 11) is -3.90. The highest BCUT2D eigenvalue weighted by Crippen LogP contribution is 2.37. The molecule has 2 heterocycles. The molecule has 1 aliphatic rings. The van der Waals surface area contributed by atoms with Gasteiger partial charge >= 0.3 is 5.97 Å². The van der Waals surface area contributed by atoms with Crippen LogP contribution in [0.1, 0.15) is 33.6 Å². The second kappa shape index (κ2) is 5.42. The minimum absolute atomic E-state index is 0.0895. The SMILES string of the molecule is CCn1cnc(S(=O)(=O)N2CCCC(C)(C)C2C(=O)O)c1. The third kappa shape index (κ3) is 2.82. The lowest BCUT2D eigenvalue weighted by atomic mass is 9.77. The molecule has 0 bridgehead atoms. The van der Waals surface area contributed by atoms with Crippen LogP contribution in [0.3, 0.4) is 0 Å². The number of nitrogens with zero attached hydrogens (tertiary/aromatic N) is 3. The molecule has 0 radical (unpaired) electrons. The molecule has 8 heteroatoms. The Hall–Kier alpha value is -1.41. The normalized spacial score (nSPS) is 23.1. The standard InChI is InChI=1S/C13H21N3O4S/c1-4-15-8-10(14-9-15)21(19,20)16-7-5-6-13(2,3)11(16)12(17)18/h8-9,11H,4-7H2,1-3H3,(H,17,18). The van der Waals surface area contributed by atoms with Gasteiger partial charge in [0.25, 0.3) is 10.0 Å². The van der Waals surface area contributed by atoms with Crippen molar-refractivity contribution in [2.75, 3.05) is 6.54 Å². The second-order valence-electron chi connectivity index (χ2n) is 5.99. The van der Waals surface area contributed by atoms with Crippen LogP contribution in [0.2, 0.25) is 0 Å². The van der Waals surface area contributed by atoms with E-state index in [1.807, 2.05) is 6.92 Å². The Balaban J connectivity index is 2.44. The summed E-state index contributed by atoms with van der Waals surface area (Å²) < 4.78 is 28.1. The highest BCUT2D eigenvalue weighted by atomic mass is 32.2. The molecule has 1 atom stereocenters. The van der Waals surface area contributed by atoms with E-state index in [4.69, 9.17) is 0 Å². The summed E-state index contributed by atoms with van der Waals surface area (Å²) in [4.78, 5) is 15.5.